The molecular weight excluding hydrogens is 287 g/mol. The predicted molar refractivity (Wildman–Crippen MR) is 70.5 cm³/mol. The summed E-state index contributed by atoms with van der Waals surface area (Å²) in [4.78, 5) is 0. The summed E-state index contributed by atoms with van der Waals surface area (Å²) in [7, 11) is 0. The van der Waals surface area contributed by atoms with E-state index in [2.05, 4.69) is 0 Å². The van der Waals surface area contributed by atoms with Crippen molar-refractivity contribution in [1.29, 1.82) is 0 Å². The first kappa shape index (κ1) is 15.9. The van der Waals surface area contributed by atoms with Gasteiger partial charge in [-0.1, -0.05) is 6.07 Å². The van der Waals surface area contributed by atoms with Crippen LogP contribution >= 0.6 is 0 Å². The quantitative estimate of drug-likeness (QED) is 0.850. The standard InChI is InChI=1S/C14H18F3NO3/c15-14(16,17)4-7-19-9-11(18)10-2-3-12-13(8-10)21-6-1-5-20-12/h2-3,8,11H,1,4-7,9,18H2. The summed E-state index contributed by atoms with van der Waals surface area (Å²) in [6.45, 7) is 0.796. The van der Waals surface area contributed by atoms with Crippen LogP contribution in [0.25, 0.3) is 0 Å². The molecule has 0 aromatic heterocycles. The van der Waals surface area contributed by atoms with E-state index < -0.39 is 18.6 Å². The molecule has 0 fully saturated rings. The fraction of sp³-hybridized carbons (Fsp3) is 0.571. The third-order valence-corrected chi connectivity index (χ3v) is 3.03. The predicted octanol–water partition coefficient (Wildman–Crippen LogP) is 2.82. The molecule has 0 saturated heterocycles. The summed E-state index contributed by atoms with van der Waals surface area (Å²) in [5.41, 5.74) is 6.66. The zero-order valence-corrected chi connectivity index (χ0v) is 11.5. The van der Waals surface area contributed by atoms with E-state index in [1.54, 1.807) is 18.2 Å². The van der Waals surface area contributed by atoms with Gasteiger partial charge in [-0.3, -0.25) is 0 Å². The van der Waals surface area contributed by atoms with Gasteiger partial charge in [0.2, 0.25) is 0 Å². The molecule has 1 aromatic carbocycles. The number of nitrogens with two attached hydrogens (primary N) is 1. The van der Waals surface area contributed by atoms with Gasteiger partial charge in [0, 0.05) is 6.42 Å². The van der Waals surface area contributed by atoms with Crippen molar-refractivity contribution in [3.8, 4) is 11.5 Å². The normalized spacial score (nSPS) is 16.4. The minimum atomic E-state index is -4.21. The highest BCUT2D eigenvalue weighted by Gasteiger charge is 2.26. The Morgan fingerprint density at radius 2 is 1.90 bits per heavy atom. The van der Waals surface area contributed by atoms with Crippen LogP contribution in [0.2, 0.25) is 0 Å². The maximum Gasteiger partial charge on any atom is 0.391 e. The second-order valence-electron chi connectivity index (χ2n) is 4.80. The van der Waals surface area contributed by atoms with E-state index in [-0.39, 0.29) is 13.2 Å². The highest BCUT2D eigenvalue weighted by atomic mass is 19.4. The molecule has 1 atom stereocenters. The van der Waals surface area contributed by atoms with Crippen LogP contribution in [-0.4, -0.2) is 32.6 Å². The maximum atomic E-state index is 12.0. The summed E-state index contributed by atoms with van der Waals surface area (Å²) < 4.78 is 52.0. The highest BCUT2D eigenvalue weighted by molar-refractivity contribution is 5.44. The van der Waals surface area contributed by atoms with Crippen LogP contribution in [0, 0.1) is 0 Å². The van der Waals surface area contributed by atoms with Crippen LogP contribution in [0.5, 0.6) is 11.5 Å². The van der Waals surface area contributed by atoms with Crippen molar-refractivity contribution >= 4 is 0 Å². The van der Waals surface area contributed by atoms with Gasteiger partial charge >= 0.3 is 6.18 Å². The Bertz CT molecular complexity index is 465. The molecule has 1 aliphatic rings. The van der Waals surface area contributed by atoms with Gasteiger partial charge in [0.1, 0.15) is 0 Å². The Morgan fingerprint density at radius 3 is 2.62 bits per heavy atom. The zero-order chi connectivity index (χ0) is 15.3. The Morgan fingerprint density at radius 1 is 1.19 bits per heavy atom. The summed E-state index contributed by atoms with van der Waals surface area (Å²) >= 11 is 0. The molecule has 7 heteroatoms. The average Bonchev–Trinajstić information content (AvgIpc) is 2.66. The van der Waals surface area contributed by atoms with E-state index in [1.807, 2.05) is 0 Å². The van der Waals surface area contributed by atoms with Crippen molar-refractivity contribution in [1.82, 2.24) is 0 Å². The summed E-state index contributed by atoms with van der Waals surface area (Å²) in [5, 5.41) is 0. The molecule has 118 valence electrons. The fourth-order valence-corrected chi connectivity index (χ4v) is 1.90. The molecule has 1 aromatic rings. The fourth-order valence-electron chi connectivity index (χ4n) is 1.90. The lowest BCUT2D eigenvalue weighted by molar-refractivity contribution is -0.145. The van der Waals surface area contributed by atoms with Gasteiger partial charge in [0.05, 0.1) is 38.9 Å². The summed E-state index contributed by atoms with van der Waals surface area (Å²) in [5.74, 6) is 1.26. The first-order valence-electron chi connectivity index (χ1n) is 6.75. The first-order valence-corrected chi connectivity index (χ1v) is 6.75. The Balaban J connectivity index is 1.87. The largest absolute Gasteiger partial charge is 0.490 e. The van der Waals surface area contributed by atoms with Gasteiger partial charge in [-0.15, -0.1) is 0 Å². The first-order chi connectivity index (χ1) is 9.96. The van der Waals surface area contributed by atoms with Gasteiger partial charge in [0.25, 0.3) is 0 Å². The Labute approximate surface area is 121 Å². The lowest BCUT2D eigenvalue weighted by atomic mass is 10.1. The molecule has 2 N–H and O–H groups in total. The monoisotopic (exact) mass is 305 g/mol. The highest BCUT2D eigenvalue weighted by Crippen LogP contribution is 2.32. The molecule has 0 spiro atoms. The summed E-state index contributed by atoms with van der Waals surface area (Å²) in [6.07, 6.45) is -4.38. The smallest absolute Gasteiger partial charge is 0.391 e. The third-order valence-electron chi connectivity index (χ3n) is 3.03. The van der Waals surface area contributed by atoms with Crippen LogP contribution in [0.3, 0.4) is 0 Å². The molecule has 21 heavy (non-hydrogen) atoms. The van der Waals surface area contributed by atoms with Crippen molar-refractivity contribution in [2.75, 3.05) is 26.4 Å². The number of fused-ring (bicyclic) bond motifs is 1. The van der Waals surface area contributed by atoms with E-state index in [1.165, 1.54) is 0 Å². The number of benzene rings is 1. The second-order valence-corrected chi connectivity index (χ2v) is 4.80. The molecule has 0 amide bonds. The van der Waals surface area contributed by atoms with Crippen LogP contribution in [-0.2, 0) is 4.74 Å². The van der Waals surface area contributed by atoms with E-state index in [0.717, 1.165) is 12.0 Å². The molecule has 0 aliphatic carbocycles. The van der Waals surface area contributed by atoms with Gasteiger partial charge < -0.3 is 19.9 Å². The third kappa shape index (κ3) is 5.09. The SMILES string of the molecule is NC(COCCC(F)(F)F)c1ccc2c(c1)OCCCO2. The molecule has 0 bridgehead atoms. The minimum absolute atomic E-state index is 0.0235. The van der Waals surface area contributed by atoms with Gasteiger partial charge in [-0.25, -0.2) is 0 Å². The lowest BCUT2D eigenvalue weighted by Crippen LogP contribution is -2.19. The topological polar surface area (TPSA) is 53.7 Å². The molecule has 1 heterocycles. The second kappa shape index (κ2) is 7.00. The Kier molecular flexibility index (Phi) is 5.30. The van der Waals surface area contributed by atoms with Gasteiger partial charge in [-0.05, 0) is 17.7 Å². The lowest BCUT2D eigenvalue weighted by Gasteiger charge is -2.15. The van der Waals surface area contributed by atoms with Crippen LogP contribution < -0.4 is 15.2 Å². The molecule has 2 rings (SSSR count). The van der Waals surface area contributed by atoms with Gasteiger partial charge in [0.15, 0.2) is 11.5 Å². The van der Waals surface area contributed by atoms with E-state index >= 15 is 0 Å². The number of halogens is 3. The van der Waals surface area contributed by atoms with Crippen molar-refractivity contribution in [2.24, 2.45) is 5.73 Å². The molecule has 0 radical (unpaired) electrons. The van der Waals surface area contributed by atoms with Crippen molar-refractivity contribution in [2.45, 2.75) is 25.1 Å². The minimum Gasteiger partial charge on any atom is -0.490 e. The number of hydrogen-bond acceptors (Lipinski definition) is 4. The van der Waals surface area contributed by atoms with Crippen LogP contribution in [0.1, 0.15) is 24.4 Å². The summed E-state index contributed by atoms with van der Waals surface area (Å²) in [6, 6.07) is 4.77. The maximum absolute atomic E-state index is 12.0. The van der Waals surface area contributed by atoms with Crippen molar-refractivity contribution in [3.05, 3.63) is 23.8 Å². The van der Waals surface area contributed by atoms with Gasteiger partial charge in [-0.2, -0.15) is 13.2 Å². The van der Waals surface area contributed by atoms with E-state index in [0.29, 0.717) is 24.7 Å². The molecule has 1 unspecified atom stereocenters. The van der Waals surface area contributed by atoms with Crippen LogP contribution in [0.4, 0.5) is 13.2 Å². The molecule has 0 saturated carbocycles. The van der Waals surface area contributed by atoms with E-state index in [9.17, 15) is 13.2 Å². The van der Waals surface area contributed by atoms with Crippen molar-refractivity contribution < 1.29 is 27.4 Å². The molecular formula is C14H18F3NO3. The van der Waals surface area contributed by atoms with E-state index in [4.69, 9.17) is 19.9 Å². The number of rotatable bonds is 5. The molecule has 1 aliphatic heterocycles. The van der Waals surface area contributed by atoms with Crippen LogP contribution in [0.15, 0.2) is 18.2 Å². The number of ether oxygens (including phenoxy) is 3. The number of alkyl halides is 3. The van der Waals surface area contributed by atoms with Crippen molar-refractivity contribution in [3.63, 3.8) is 0 Å². The Hall–Kier alpha value is -1.47. The average molecular weight is 305 g/mol. The number of hydrogen-bond donors (Lipinski definition) is 1. The zero-order valence-electron chi connectivity index (χ0n) is 11.5. The molecule has 4 nitrogen and oxygen atoms in total.